The molecular formula is C14H12ClF2NS. The Bertz CT molecular complexity index is 540. The molecule has 0 saturated heterocycles. The zero-order valence-electron chi connectivity index (χ0n) is 9.95. The van der Waals surface area contributed by atoms with Gasteiger partial charge in [0.05, 0.1) is 0 Å². The first-order valence-electron chi connectivity index (χ1n) is 5.66. The molecule has 100 valence electrons. The normalized spacial score (nSPS) is 12.4. The van der Waals surface area contributed by atoms with Gasteiger partial charge in [-0.3, -0.25) is 0 Å². The minimum atomic E-state index is -0.693. The Morgan fingerprint density at radius 3 is 2.21 bits per heavy atom. The molecule has 0 aromatic heterocycles. The Morgan fingerprint density at radius 2 is 1.63 bits per heavy atom. The van der Waals surface area contributed by atoms with Gasteiger partial charge in [0.15, 0.2) is 0 Å². The lowest BCUT2D eigenvalue weighted by atomic mass is 10.1. The molecule has 1 unspecified atom stereocenters. The molecule has 2 rings (SSSR count). The van der Waals surface area contributed by atoms with E-state index in [9.17, 15) is 8.78 Å². The van der Waals surface area contributed by atoms with Gasteiger partial charge in [-0.2, -0.15) is 0 Å². The van der Waals surface area contributed by atoms with Gasteiger partial charge in [-0.05, 0) is 36.4 Å². The SMILES string of the molecule is NC(CSc1ccc(Cl)cc1)c1c(F)cccc1F. The summed E-state index contributed by atoms with van der Waals surface area (Å²) >= 11 is 7.21. The third kappa shape index (κ3) is 3.69. The average Bonchev–Trinajstić information content (AvgIpc) is 2.38. The molecule has 2 N–H and O–H groups in total. The van der Waals surface area contributed by atoms with E-state index in [1.165, 1.54) is 30.0 Å². The van der Waals surface area contributed by atoms with E-state index in [0.29, 0.717) is 10.8 Å². The number of nitrogens with two attached hydrogens (primary N) is 1. The molecule has 2 aromatic carbocycles. The third-order valence-electron chi connectivity index (χ3n) is 2.61. The van der Waals surface area contributed by atoms with E-state index in [4.69, 9.17) is 17.3 Å². The van der Waals surface area contributed by atoms with Crippen LogP contribution >= 0.6 is 23.4 Å². The molecule has 1 atom stereocenters. The van der Waals surface area contributed by atoms with Crippen molar-refractivity contribution in [2.75, 3.05) is 5.75 Å². The van der Waals surface area contributed by atoms with Crippen molar-refractivity contribution in [1.29, 1.82) is 0 Å². The number of hydrogen-bond acceptors (Lipinski definition) is 2. The molecule has 19 heavy (non-hydrogen) atoms. The van der Waals surface area contributed by atoms with Gasteiger partial charge in [-0.1, -0.05) is 17.7 Å². The van der Waals surface area contributed by atoms with Crippen LogP contribution in [-0.4, -0.2) is 5.75 Å². The van der Waals surface area contributed by atoms with Crippen molar-refractivity contribution in [3.63, 3.8) is 0 Å². The second kappa shape index (κ2) is 6.37. The highest BCUT2D eigenvalue weighted by atomic mass is 35.5. The van der Waals surface area contributed by atoms with Gasteiger partial charge in [0.2, 0.25) is 0 Å². The molecule has 0 spiro atoms. The monoisotopic (exact) mass is 299 g/mol. The largest absolute Gasteiger partial charge is 0.323 e. The van der Waals surface area contributed by atoms with E-state index >= 15 is 0 Å². The molecule has 0 radical (unpaired) electrons. The third-order valence-corrected chi connectivity index (χ3v) is 4.00. The van der Waals surface area contributed by atoms with Crippen molar-refractivity contribution < 1.29 is 8.78 Å². The summed E-state index contributed by atoms with van der Waals surface area (Å²) in [7, 11) is 0. The Balaban J connectivity index is 2.05. The Kier molecular flexibility index (Phi) is 4.80. The fourth-order valence-corrected chi connectivity index (χ4v) is 2.66. The molecule has 1 nitrogen and oxygen atoms in total. The molecule has 0 saturated carbocycles. The van der Waals surface area contributed by atoms with Crippen LogP contribution in [0, 0.1) is 11.6 Å². The number of halogens is 3. The van der Waals surface area contributed by atoms with Gasteiger partial charge in [0, 0.05) is 27.3 Å². The Labute approximate surface area is 119 Å². The minimum absolute atomic E-state index is 0.0658. The van der Waals surface area contributed by atoms with E-state index in [1.54, 1.807) is 12.1 Å². The van der Waals surface area contributed by atoms with E-state index in [2.05, 4.69) is 0 Å². The highest BCUT2D eigenvalue weighted by molar-refractivity contribution is 7.99. The van der Waals surface area contributed by atoms with Crippen LogP contribution in [0.1, 0.15) is 11.6 Å². The second-order valence-electron chi connectivity index (χ2n) is 4.01. The molecule has 0 bridgehead atoms. The zero-order valence-corrected chi connectivity index (χ0v) is 11.5. The summed E-state index contributed by atoms with van der Waals surface area (Å²) in [4.78, 5) is 0.955. The van der Waals surface area contributed by atoms with Crippen LogP contribution < -0.4 is 5.73 Å². The average molecular weight is 300 g/mol. The van der Waals surface area contributed by atoms with Gasteiger partial charge in [-0.15, -0.1) is 11.8 Å². The maximum atomic E-state index is 13.5. The molecule has 0 heterocycles. The molecule has 5 heteroatoms. The smallest absolute Gasteiger partial charge is 0.130 e. The van der Waals surface area contributed by atoms with Crippen molar-refractivity contribution in [3.8, 4) is 0 Å². The minimum Gasteiger partial charge on any atom is -0.323 e. The molecule has 0 fully saturated rings. The van der Waals surface area contributed by atoms with E-state index in [0.717, 1.165) is 4.90 Å². The van der Waals surface area contributed by atoms with Gasteiger partial charge >= 0.3 is 0 Å². The number of rotatable bonds is 4. The summed E-state index contributed by atoms with van der Waals surface area (Å²) in [5.74, 6) is -0.826. The van der Waals surface area contributed by atoms with E-state index in [-0.39, 0.29) is 5.56 Å². The van der Waals surface area contributed by atoms with Crippen molar-refractivity contribution in [3.05, 3.63) is 64.7 Å². The summed E-state index contributed by atoms with van der Waals surface area (Å²) in [6.45, 7) is 0. The first kappa shape index (κ1) is 14.3. The summed E-state index contributed by atoms with van der Waals surface area (Å²) < 4.78 is 27.1. The van der Waals surface area contributed by atoms with Crippen LogP contribution in [0.25, 0.3) is 0 Å². The highest BCUT2D eigenvalue weighted by Crippen LogP contribution is 2.27. The lowest BCUT2D eigenvalue weighted by Crippen LogP contribution is -2.16. The lowest BCUT2D eigenvalue weighted by molar-refractivity contribution is 0.538. The number of benzene rings is 2. The predicted octanol–water partition coefficient (Wildman–Crippen LogP) is 4.41. The van der Waals surface area contributed by atoms with Crippen molar-refractivity contribution in [2.24, 2.45) is 5.73 Å². The fourth-order valence-electron chi connectivity index (χ4n) is 1.67. The second-order valence-corrected chi connectivity index (χ2v) is 5.54. The first-order valence-corrected chi connectivity index (χ1v) is 7.02. The van der Waals surface area contributed by atoms with Crippen LogP contribution in [0.15, 0.2) is 47.4 Å². The summed E-state index contributed by atoms with van der Waals surface area (Å²) in [5, 5.41) is 0.647. The predicted molar refractivity (Wildman–Crippen MR) is 75.5 cm³/mol. The van der Waals surface area contributed by atoms with E-state index < -0.39 is 17.7 Å². The van der Waals surface area contributed by atoms with Crippen molar-refractivity contribution in [2.45, 2.75) is 10.9 Å². The number of hydrogen-bond donors (Lipinski definition) is 1. The molecule has 0 amide bonds. The molecule has 0 aliphatic heterocycles. The van der Waals surface area contributed by atoms with Gasteiger partial charge in [0.25, 0.3) is 0 Å². The highest BCUT2D eigenvalue weighted by Gasteiger charge is 2.16. The summed E-state index contributed by atoms with van der Waals surface area (Å²) in [6, 6.07) is 10.3. The van der Waals surface area contributed by atoms with Crippen LogP contribution in [0.3, 0.4) is 0 Å². The molecule has 0 aliphatic carbocycles. The Hall–Kier alpha value is -1.10. The quantitative estimate of drug-likeness (QED) is 0.846. The summed E-state index contributed by atoms with van der Waals surface area (Å²) in [6.07, 6.45) is 0. The van der Waals surface area contributed by atoms with Crippen LogP contribution in [-0.2, 0) is 0 Å². The molecule has 2 aromatic rings. The summed E-state index contributed by atoms with van der Waals surface area (Å²) in [5.41, 5.74) is 5.78. The van der Waals surface area contributed by atoms with Gasteiger partial charge in [-0.25, -0.2) is 8.78 Å². The fraction of sp³-hybridized carbons (Fsp3) is 0.143. The van der Waals surface area contributed by atoms with Crippen molar-refractivity contribution >= 4 is 23.4 Å². The molecule has 0 aliphatic rings. The van der Waals surface area contributed by atoms with Gasteiger partial charge < -0.3 is 5.73 Å². The van der Waals surface area contributed by atoms with Crippen LogP contribution in [0.5, 0.6) is 0 Å². The number of thioether (sulfide) groups is 1. The van der Waals surface area contributed by atoms with Crippen molar-refractivity contribution in [1.82, 2.24) is 0 Å². The Morgan fingerprint density at radius 1 is 1.05 bits per heavy atom. The maximum absolute atomic E-state index is 13.5. The maximum Gasteiger partial charge on any atom is 0.130 e. The van der Waals surface area contributed by atoms with E-state index in [1.807, 2.05) is 12.1 Å². The van der Waals surface area contributed by atoms with Crippen LogP contribution in [0.2, 0.25) is 5.02 Å². The molecular weight excluding hydrogens is 288 g/mol. The standard InChI is InChI=1S/C14H12ClF2NS/c15-9-4-6-10(7-5-9)19-8-13(18)14-11(16)2-1-3-12(14)17/h1-7,13H,8,18H2. The lowest BCUT2D eigenvalue weighted by Gasteiger charge is -2.13. The van der Waals surface area contributed by atoms with Crippen LogP contribution in [0.4, 0.5) is 8.78 Å². The first-order chi connectivity index (χ1) is 9.08. The zero-order chi connectivity index (χ0) is 13.8. The van der Waals surface area contributed by atoms with Gasteiger partial charge in [0.1, 0.15) is 11.6 Å². The topological polar surface area (TPSA) is 26.0 Å².